The number of rotatable bonds is 8. The van der Waals surface area contributed by atoms with Gasteiger partial charge in [-0.05, 0) is 48.2 Å². The lowest BCUT2D eigenvalue weighted by Crippen LogP contribution is -2.09. The smallest absolute Gasteiger partial charge is 0.137 e. The summed E-state index contributed by atoms with van der Waals surface area (Å²) in [6.45, 7) is 0. The van der Waals surface area contributed by atoms with Crippen LogP contribution in [0.1, 0.15) is 33.3 Å². The van der Waals surface area contributed by atoms with Gasteiger partial charge in [-0.3, -0.25) is 10.2 Å². The molecular weight excluding hydrogens is 498 g/mol. The third-order valence-electron chi connectivity index (χ3n) is 4.65. The zero-order valence-electron chi connectivity index (χ0n) is 15.9. The zero-order chi connectivity index (χ0) is 21.8. The maximum atomic E-state index is 6.44. The number of benzene rings is 2. The number of thioether (sulfide) groups is 1. The predicted molar refractivity (Wildman–Crippen MR) is 126 cm³/mol. The molecule has 0 radical (unpaired) electrons. The van der Waals surface area contributed by atoms with E-state index in [1.807, 2.05) is 24.3 Å². The summed E-state index contributed by atoms with van der Waals surface area (Å²) in [7, 11) is 0. The lowest BCUT2D eigenvalue weighted by Gasteiger charge is -2.22. The highest BCUT2D eigenvalue weighted by Gasteiger charge is 2.26. The third kappa shape index (κ3) is 5.73. The van der Waals surface area contributed by atoms with Gasteiger partial charge >= 0.3 is 0 Å². The Balaban J connectivity index is 1.64. The molecule has 2 N–H and O–H groups in total. The molecule has 0 fully saturated rings. The van der Waals surface area contributed by atoms with E-state index in [2.05, 4.69) is 30.4 Å². The van der Waals surface area contributed by atoms with Crippen LogP contribution in [0.2, 0.25) is 20.1 Å². The van der Waals surface area contributed by atoms with Gasteiger partial charge in [0.2, 0.25) is 0 Å². The first-order chi connectivity index (χ1) is 15.0. The highest BCUT2D eigenvalue weighted by molar-refractivity contribution is 7.99. The van der Waals surface area contributed by atoms with Crippen molar-refractivity contribution in [2.75, 3.05) is 0 Å². The molecule has 6 nitrogen and oxygen atoms in total. The van der Waals surface area contributed by atoms with Gasteiger partial charge in [-0.2, -0.15) is 10.2 Å². The van der Waals surface area contributed by atoms with Crippen molar-refractivity contribution < 1.29 is 0 Å². The molecule has 0 saturated heterocycles. The van der Waals surface area contributed by atoms with Gasteiger partial charge in [0.25, 0.3) is 0 Å². The second-order valence-electron chi connectivity index (χ2n) is 6.73. The normalized spacial score (nSPS) is 13.3. The topological polar surface area (TPSA) is 83.1 Å². The van der Waals surface area contributed by atoms with Crippen LogP contribution in [0.15, 0.2) is 49.1 Å². The van der Waals surface area contributed by atoms with E-state index in [0.717, 1.165) is 22.8 Å². The first kappa shape index (κ1) is 22.4. The first-order valence-electron chi connectivity index (χ1n) is 9.23. The first-order valence-corrected chi connectivity index (χ1v) is 11.7. The fraction of sp³-hybridized carbons (Fsp3) is 0.200. The Kier molecular flexibility index (Phi) is 7.40. The van der Waals surface area contributed by atoms with E-state index in [1.54, 1.807) is 23.9 Å². The van der Waals surface area contributed by atoms with Crippen molar-refractivity contribution in [1.29, 1.82) is 0 Å². The average Bonchev–Trinajstić information content (AvgIpc) is 3.44. The van der Waals surface area contributed by atoms with Crippen LogP contribution in [0, 0.1) is 0 Å². The van der Waals surface area contributed by atoms with E-state index in [0.29, 0.717) is 32.9 Å². The number of H-pyrrole nitrogens is 2. The van der Waals surface area contributed by atoms with Gasteiger partial charge in [0.05, 0.1) is 10.5 Å². The molecule has 0 amide bonds. The molecule has 2 unspecified atom stereocenters. The van der Waals surface area contributed by atoms with Gasteiger partial charge < -0.3 is 0 Å². The summed E-state index contributed by atoms with van der Waals surface area (Å²) in [6, 6.07) is 11.0. The Hall–Kier alpha value is -1.77. The number of aromatic amines is 2. The SMILES string of the molecule is Clc1ccc(CC(SC(Cc2ccc(Cl)cc2Cl)c2ncn[nH]2)c2ncn[nH]2)c(Cl)c1. The lowest BCUT2D eigenvalue weighted by atomic mass is 10.1. The van der Waals surface area contributed by atoms with Crippen molar-refractivity contribution in [2.45, 2.75) is 23.3 Å². The minimum atomic E-state index is -0.0812. The van der Waals surface area contributed by atoms with Gasteiger partial charge in [-0.25, -0.2) is 9.97 Å². The van der Waals surface area contributed by atoms with Crippen LogP contribution in [0.3, 0.4) is 0 Å². The average molecular weight is 514 g/mol. The molecule has 0 aliphatic rings. The molecule has 4 rings (SSSR count). The number of nitrogens with one attached hydrogen (secondary N) is 2. The van der Waals surface area contributed by atoms with Crippen LogP contribution in [-0.4, -0.2) is 30.4 Å². The van der Waals surface area contributed by atoms with Gasteiger partial charge in [0.15, 0.2) is 0 Å². The van der Waals surface area contributed by atoms with Crippen molar-refractivity contribution in [3.8, 4) is 0 Å². The van der Waals surface area contributed by atoms with E-state index in [1.165, 1.54) is 12.7 Å². The van der Waals surface area contributed by atoms with Crippen LogP contribution in [0.4, 0.5) is 0 Å². The standard InChI is InChI=1S/C20H16Cl4N6S/c21-13-3-1-11(15(23)7-13)5-17(19-25-9-27-29-19)31-18(20-26-10-28-30-20)6-12-2-4-14(22)8-16(12)24/h1-4,7-10,17-18H,5-6H2,(H,25,27,29)(H,26,28,30). The molecule has 4 aromatic rings. The fourth-order valence-corrected chi connectivity index (χ4v) is 5.54. The van der Waals surface area contributed by atoms with Crippen molar-refractivity contribution in [3.63, 3.8) is 0 Å². The van der Waals surface area contributed by atoms with Crippen molar-refractivity contribution in [2.24, 2.45) is 0 Å². The minimum Gasteiger partial charge on any atom is -0.262 e. The molecule has 160 valence electrons. The number of hydrogen-bond acceptors (Lipinski definition) is 5. The summed E-state index contributed by atoms with van der Waals surface area (Å²) < 4.78 is 0. The lowest BCUT2D eigenvalue weighted by molar-refractivity contribution is 0.802. The molecule has 0 spiro atoms. The van der Waals surface area contributed by atoms with Crippen LogP contribution >= 0.6 is 58.2 Å². The van der Waals surface area contributed by atoms with E-state index < -0.39 is 0 Å². The molecule has 0 bridgehead atoms. The largest absolute Gasteiger partial charge is 0.262 e. The summed E-state index contributed by atoms with van der Waals surface area (Å²) in [5.74, 6) is 1.48. The number of aromatic nitrogens is 6. The van der Waals surface area contributed by atoms with Crippen molar-refractivity contribution >= 4 is 58.2 Å². The van der Waals surface area contributed by atoms with Gasteiger partial charge in [0, 0.05) is 20.1 Å². The zero-order valence-corrected chi connectivity index (χ0v) is 19.7. The van der Waals surface area contributed by atoms with Crippen LogP contribution in [-0.2, 0) is 12.8 Å². The van der Waals surface area contributed by atoms with Gasteiger partial charge in [-0.1, -0.05) is 58.5 Å². The van der Waals surface area contributed by atoms with E-state index in [9.17, 15) is 0 Å². The Morgan fingerprint density at radius 1 is 0.710 bits per heavy atom. The minimum absolute atomic E-state index is 0.0812. The molecule has 2 aromatic heterocycles. The van der Waals surface area contributed by atoms with E-state index in [-0.39, 0.29) is 10.5 Å². The molecule has 0 aliphatic carbocycles. The van der Waals surface area contributed by atoms with Crippen molar-refractivity contribution in [1.82, 2.24) is 30.4 Å². The molecular formula is C20H16Cl4N6S. The molecule has 31 heavy (non-hydrogen) atoms. The monoisotopic (exact) mass is 512 g/mol. The number of hydrogen-bond donors (Lipinski definition) is 2. The van der Waals surface area contributed by atoms with E-state index in [4.69, 9.17) is 46.4 Å². The second kappa shape index (κ2) is 10.2. The van der Waals surface area contributed by atoms with Crippen molar-refractivity contribution in [3.05, 3.63) is 91.9 Å². The Morgan fingerprint density at radius 3 is 1.52 bits per heavy atom. The molecule has 2 atom stereocenters. The molecule has 11 heteroatoms. The Morgan fingerprint density at radius 2 is 1.16 bits per heavy atom. The highest BCUT2D eigenvalue weighted by atomic mass is 35.5. The molecule has 2 heterocycles. The quantitative estimate of drug-likeness (QED) is 0.279. The summed E-state index contributed by atoms with van der Waals surface area (Å²) >= 11 is 26.7. The summed E-state index contributed by atoms with van der Waals surface area (Å²) in [5.41, 5.74) is 1.92. The fourth-order valence-electron chi connectivity index (χ4n) is 3.13. The highest BCUT2D eigenvalue weighted by Crippen LogP contribution is 2.43. The van der Waals surface area contributed by atoms with Crippen LogP contribution in [0.25, 0.3) is 0 Å². The molecule has 0 saturated carbocycles. The summed E-state index contributed by atoms with van der Waals surface area (Å²) in [6.07, 6.45) is 4.22. The number of halogens is 4. The predicted octanol–water partition coefficient (Wildman–Crippen LogP) is 6.54. The van der Waals surface area contributed by atoms with Gasteiger partial charge in [0.1, 0.15) is 24.3 Å². The summed E-state index contributed by atoms with van der Waals surface area (Å²) in [4.78, 5) is 8.77. The van der Waals surface area contributed by atoms with Gasteiger partial charge in [-0.15, -0.1) is 11.8 Å². The Bertz CT molecular complexity index is 1050. The number of nitrogens with zero attached hydrogens (tertiary/aromatic N) is 4. The third-order valence-corrected chi connectivity index (χ3v) is 7.26. The molecule has 0 aliphatic heterocycles. The van der Waals surface area contributed by atoms with E-state index >= 15 is 0 Å². The molecule has 2 aromatic carbocycles. The second-order valence-corrected chi connectivity index (χ2v) is 9.83. The van der Waals surface area contributed by atoms with Crippen LogP contribution in [0.5, 0.6) is 0 Å². The summed E-state index contributed by atoms with van der Waals surface area (Å²) in [5, 5.41) is 16.2. The van der Waals surface area contributed by atoms with Crippen LogP contribution < -0.4 is 0 Å². The maximum Gasteiger partial charge on any atom is 0.137 e. The Labute approximate surface area is 203 Å². The maximum absolute atomic E-state index is 6.44.